The lowest BCUT2D eigenvalue weighted by molar-refractivity contribution is -0.830. The summed E-state index contributed by atoms with van der Waals surface area (Å²) in [6.07, 6.45) is 0. The van der Waals surface area contributed by atoms with Gasteiger partial charge in [0.15, 0.2) is 0 Å². The summed E-state index contributed by atoms with van der Waals surface area (Å²) in [6, 6.07) is 18.3. The molecule has 3 aromatic rings. The number of para-hydroxylation sites is 1. The van der Waals surface area contributed by atoms with Gasteiger partial charge in [0.1, 0.15) is 5.69 Å². The summed E-state index contributed by atoms with van der Waals surface area (Å²) in [5.41, 5.74) is 4.71. The SMILES string of the molecule is CO[NH2+]c1c(N2CCN(Cc3ccccc3)CC2)c2ccccc2n(N)c1=O. The fourth-order valence-electron chi connectivity index (χ4n) is 3.91. The molecule has 4 rings (SSSR count). The lowest BCUT2D eigenvalue weighted by Crippen LogP contribution is -2.79. The first-order chi connectivity index (χ1) is 13.7. The van der Waals surface area contributed by atoms with Crippen LogP contribution in [-0.4, -0.2) is 42.9 Å². The highest BCUT2D eigenvalue weighted by Crippen LogP contribution is 2.30. The molecule has 0 spiro atoms. The molecule has 1 aliphatic rings. The van der Waals surface area contributed by atoms with E-state index in [0.29, 0.717) is 5.69 Å². The van der Waals surface area contributed by atoms with Crippen molar-refractivity contribution in [3.8, 4) is 0 Å². The van der Waals surface area contributed by atoms with Crippen LogP contribution >= 0.6 is 0 Å². The van der Waals surface area contributed by atoms with Crippen molar-refractivity contribution in [1.29, 1.82) is 0 Å². The molecule has 7 heteroatoms. The van der Waals surface area contributed by atoms with E-state index in [1.807, 2.05) is 30.3 Å². The summed E-state index contributed by atoms with van der Waals surface area (Å²) in [5, 5.41) is 0.962. The number of hydrogen-bond acceptors (Lipinski definition) is 5. The van der Waals surface area contributed by atoms with Crippen molar-refractivity contribution in [3.63, 3.8) is 0 Å². The van der Waals surface area contributed by atoms with Gasteiger partial charge in [-0.2, -0.15) is 5.48 Å². The smallest absolute Gasteiger partial charge is 0.335 e. The highest BCUT2D eigenvalue weighted by molar-refractivity contribution is 5.96. The van der Waals surface area contributed by atoms with Crippen molar-refractivity contribution in [3.05, 3.63) is 70.5 Å². The number of hydrogen-bond donors (Lipinski definition) is 2. The van der Waals surface area contributed by atoms with E-state index in [9.17, 15) is 4.79 Å². The van der Waals surface area contributed by atoms with Crippen LogP contribution in [0.5, 0.6) is 0 Å². The van der Waals surface area contributed by atoms with Crippen molar-refractivity contribution in [2.24, 2.45) is 0 Å². The van der Waals surface area contributed by atoms with E-state index in [0.717, 1.165) is 49.3 Å². The average molecular weight is 380 g/mol. The third-order valence-corrected chi connectivity index (χ3v) is 5.30. The predicted molar refractivity (Wildman–Crippen MR) is 111 cm³/mol. The normalized spacial score (nSPS) is 15.2. The van der Waals surface area contributed by atoms with Crippen LogP contribution in [0.1, 0.15) is 5.56 Å². The van der Waals surface area contributed by atoms with Gasteiger partial charge in [-0.25, -0.2) is 9.51 Å². The van der Waals surface area contributed by atoms with E-state index >= 15 is 0 Å². The molecule has 0 saturated carbocycles. The summed E-state index contributed by atoms with van der Waals surface area (Å²) in [6.45, 7) is 4.49. The summed E-state index contributed by atoms with van der Waals surface area (Å²) >= 11 is 0. The molecule has 1 saturated heterocycles. The molecule has 1 fully saturated rings. The van der Waals surface area contributed by atoms with Gasteiger partial charge in [0.05, 0.1) is 12.6 Å². The van der Waals surface area contributed by atoms with Gasteiger partial charge in [0.2, 0.25) is 0 Å². The molecule has 2 aromatic carbocycles. The zero-order valence-corrected chi connectivity index (χ0v) is 16.0. The van der Waals surface area contributed by atoms with Gasteiger partial charge in [-0.1, -0.05) is 48.5 Å². The molecule has 0 bridgehead atoms. The second kappa shape index (κ2) is 8.02. The number of nitrogens with two attached hydrogens (primary N) is 2. The van der Waals surface area contributed by atoms with Gasteiger partial charge in [-0.15, -0.1) is 0 Å². The zero-order chi connectivity index (χ0) is 19.5. The van der Waals surface area contributed by atoms with Crippen molar-refractivity contribution >= 4 is 22.3 Å². The lowest BCUT2D eigenvalue weighted by Gasteiger charge is -2.36. The quantitative estimate of drug-likeness (QED) is 0.505. The number of nitrogens with zero attached hydrogens (tertiary/aromatic N) is 3. The second-order valence-electron chi connectivity index (χ2n) is 7.06. The predicted octanol–water partition coefficient (Wildman–Crippen LogP) is 0.794. The topological polar surface area (TPSA) is 80.3 Å². The number of rotatable bonds is 5. The first-order valence-corrected chi connectivity index (χ1v) is 9.49. The highest BCUT2D eigenvalue weighted by atomic mass is 16.6. The fraction of sp³-hybridized carbons (Fsp3) is 0.286. The third-order valence-electron chi connectivity index (χ3n) is 5.30. The van der Waals surface area contributed by atoms with Gasteiger partial charge in [-0.05, 0) is 11.6 Å². The fourth-order valence-corrected chi connectivity index (χ4v) is 3.91. The van der Waals surface area contributed by atoms with Gasteiger partial charge in [-0.3, -0.25) is 9.69 Å². The molecule has 0 unspecified atom stereocenters. The van der Waals surface area contributed by atoms with Crippen LogP contribution in [0.15, 0.2) is 59.4 Å². The van der Waals surface area contributed by atoms with Gasteiger partial charge < -0.3 is 10.7 Å². The Morgan fingerprint density at radius 3 is 2.39 bits per heavy atom. The van der Waals surface area contributed by atoms with Gasteiger partial charge in [0.25, 0.3) is 5.69 Å². The van der Waals surface area contributed by atoms with Gasteiger partial charge in [0, 0.05) is 38.1 Å². The van der Waals surface area contributed by atoms with E-state index in [1.54, 1.807) is 7.11 Å². The first kappa shape index (κ1) is 18.5. The monoisotopic (exact) mass is 380 g/mol. The molecule has 2 heterocycles. The number of piperazine rings is 1. The minimum atomic E-state index is -0.248. The molecular weight excluding hydrogens is 354 g/mol. The number of pyridine rings is 1. The Labute approximate surface area is 163 Å². The third kappa shape index (κ3) is 3.47. The van der Waals surface area contributed by atoms with Crippen LogP contribution in [0, 0.1) is 0 Å². The number of quaternary nitrogens is 1. The lowest BCUT2D eigenvalue weighted by atomic mass is 10.1. The molecule has 146 valence electrons. The number of nitrogen functional groups attached to an aromatic ring is 1. The van der Waals surface area contributed by atoms with Crippen molar-refractivity contribution in [2.45, 2.75) is 6.54 Å². The largest absolute Gasteiger partial charge is 0.363 e. The van der Waals surface area contributed by atoms with Crippen LogP contribution in [0.4, 0.5) is 11.4 Å². The molecule has 0 aliphatic carbocycles. The molecule has 28 heavy (non-hydrogen) atoms. The zero-order valence-electron chi connectivity index (χ0n) is 16.0. The molecular formula is C21H26N5O2+. The number of aromatic nitrogens is 1. The Bertz CT molecular complexity index is 1010. The van der Waals surface area contributed by atoms with Crippen molar-refractivity contribution in [1.82, 2.24) is 9.58 Å². The van der Waals surface area contributed by atoms with Crippen molar-refractivity contribution < 1.29 is 10.3 Å². The van der Waals surface area contributed by atoms with Crippen LogP contribution in [0.3, 0.4) is 0 Å². The minimum Gasteiger partial charge on any atom is -0.363 e. The van der Waals surface area contributed by atoms with Crippen LogP contribution in [0.25, 0.3) is 10.9 Å². The number of fused-ring (bicyclic) bond motifs is 1. The Kier molecular flexibility index (Phi) is 5.29. The van der Waals surface area contributed by atoms with E-state index in [-0.39, 0.29) is 5.56 Å². The number of anilines is 1. The van der Waals surface area contributed by atoms with E-state index in [1.165, 1.54) is 15.7 Å². The maximum atomic E-state index is 12.8. The minimum absolute atomic E-state index is 0.248. The standard InChI is InChI=1S/C21H25N5O2/c1-28-23-19-20(17-9-5-6-10-18(17)26(22)21(19)27)25-13-11-24(12-14-25)15-16-7-3-2-4-8-16/h2-10,23H,11-15,22H2,1H3/p+1. The average Bonchev–Trinajstić information content (AvgIpc) is 2.74. The molecule has 1 aromatic heterocycles. The Balaban J connectivity index is 1.63. The molecule has 0 atom stereocenters. The Hall–Kier alpha value is -2.87. The Morgan fingerprint density at radius 2 is 1.68 bits per heavy atom. The molecule has 7 nitrogen and oxygen atoms in total. The number of benzene rings is 2. The summed E-state index contributed by atoms with van der Waals surface area (Å²) in [7, 11) is 1.55. The summed E-state index contributed by atoms with van der Waals surface area (Å²) in [4.78, 5) is 22.8. The van der Waals surface area contributed by atoms with E-state index < -0.39 is 0 Å². The van der Waals surface area contributed by atoms with Crippen LogP contribution in [0.2, 0.25) is 0 Å². The van der Waals surface area contributed by atoms with Crippen LogP contribution in [-0.2, 0) is 11.4 Å². The molecule has 1 aliphatic heterocycles. The van der Waals surface area contributed by atoms with Crippen LogP contribution < -0.4 is 21.8 Å². The Morgan fingerprint density at radius 1 is 1.00 bits per heavy atom. The molecule has 4 N–H and O–H groups in total. The van der Waals surface area contributed by atoms with Gasteiger partial charge >= 0.3 is 5.56 Å². The van der Waals surface area contributed by atoms with Crippen molar-refractivity contribution in [2.75, 3.05) is 44.0 Å². The summed E-state index contributed by atoms with van der Waals surface area (Å²) in [5.74, 6) is 6.06. The maximum absolute atomic E-state index is 12.8. The molecule has 0 radical (unpaired) electrons. The highest BCUT2D eigenvalue weighted by Gasteiger charge is 2.27. The van der Waals surface area contributed by atoms with E-state index in [4.69, 9.17) is 10.7 Å². The maximum Gasteiger partial charge on any atom is 0.335 e. The van der Waals surface area contributed by atoms with E-state index in [2.05, 4.69) is 34.1 Å². The second-order valence-corrected chi connectivity index (χ2v) is 7.06. The first-order valence-electron chi connectivity index (χ1n) is 9.49. The molecule has 0 amide bonds. The summed E-state index contributed by atoms with van der Waals surface area (Å²) < 4.78 is 1.20.